The molecule has 0 spiro atoms. The summed E-state index contributed by atoms with van der Waals surface area (Å²) >= 11 is 0. The molecule has 0 aromatic rings. The number of unbranched alkanes of at least 4 members (excludes halogenated alkanes) is 27. The highest BCUT2D eigenvalue weighted by molar-refractivity contribution is 5.71. The number of hydrogen-bond donors (Lipinski definition) is 0. The number of esters is 3. The smallest absolute Gasteiger partial charge is 0.306 e. The van der Waals surface area contributed by atoms with Crippen LogP contribution in [0.4, 0.5) is 0 Å². The van der Waals surface area contributed by atoms with Crippen molar-refractivity contribution in [2.75, 3.05) is 13.2 Å². The van der Waals surface area contributed by atoms with E-state index in [1.807, 2.05) is 6.08 Å². The summed E-state index contributed by atoms with van der Waals surface area (Å²) in [7, 11) is 0. The number of carbonyl (C=O) groups excluding carboxylic acids is 3. The van der Waals surface area contributed by atoms with Crippen molar-refractivity contribution in [1.29, 1.82) is 0 Å². The van der Waals surface area contributed by atoms with Gasteiger partial charge in [0.1, 0.15) is 13.2 Å². The van der Waals surface area contributed by atoms with E-state index in [2.05, 4.69) is 87.6 Å². The fraction of sp³-hybridized carbons (Fsp3) is 0.750. The van der Waals surface area contributed by atoms with Gasteiger partial charge >= 0.3 is 17.9 Å². The Morgan fingerprint density at radius 2 is 0.591 bits per heavy atom. The van der Waals surface area contributed by atoms with Crippen molar-refractivity contribution in [3.63, 3.8) is 0 Å². The van der Waals surface area contributed by atoms with Crippen LogP contribution in [0.2, 0.25) is 0 Å². The molecular weight excluding hydrogens is 817 g/mol. The van der Waals surface area contributed by atoms with E-state index < -0.39 is 6.10 Å². The lowest BCUT2D eigenvalue weighted by atomic mass is 10.0. The molecule has 380 valence electrons. The van der Waals surface area contributed by atoms with Crippen LogP contribution in [-0.2, 0) is 28.6 Å². The summed E-state index contributed by atoms with van der Waals surface area (Å²) in [5, 5.41) is 0. The fourth-order valence-corrected chi connectivity index (χ4v) is 7.82. The minimum atomic E-state index is -0.802. The number of ether oxygens (including phenoxy) is 3. The summed E-state index contributed by atoms with van der Waals surface area (Å²) < 4.78 is 16.8. The molecule has 0 unspecified atom stereocenters. The van der Waals surface area contributed by atoms with Crippen molar-refractivity contribution in [3.8, 4) is 0 Å². The van der Waals surface area contributed by atoms with Gasteiger partial charge in [0.15, 0.2) is 6.10 Å². The highest BCUT2D eigenvalue weighted by Gasteiger charge is 2.19. The van der Waals surface area contributed by atoms with Crippen LogP contribution in [0.1, 0.15) is 271 Å². The van der Waals surface area contributed by atoms with E-state index in [1.165, 1.54) is 148 Å². The maximum atomic E-state index is 12.8. The first-order valence-corrected chi connectivity index (χ1v) is 27.9. The van der Waals surface area contributed by atoms with E-state index in [4.69, 9.17) is 14.2 Å². The maximum Gasteiger partial charge on any atom is 0.306 e. The average molecular weight is 921 g/mol. The van der Waals surface area contributed by atoms with E-state index in [9.17, 15) is 14.4 Å². The van der Waals surface area contributed by atoms with Crippen LogP contribution in [0.25, 0.3) is 0 Å². The van der Waals surface area contributed by atoms with Gasteiger partial charge in [0.2, 0.25) is 0 Å². The van der Waals surface area contributed by atoms with Gasteiger partial charge in [-0.15, -0.1) is 0 Å². The molecule has 0 aromatic heterocycles. The van der Waals surface area contributed by atoms with E-state index in [0.717, 1.165) is 77.0 Å². The first kappa shape index (κ1) is 62.8. The van der Waals surface area contributed by atoms with Crippen molar-refractivity contribution in [1.82, 2.24) is 0 Å². The molecule has 0 bridgehead atoms. The lowest BCUT2D eigenvalue weighted by Crippen LogP contribution is -2.30. The van der Waals surface area contributed by atoms with Crippen LogP contribution in [0.5, 0.6) is 0 Å². The Bertz CT molecular complexity index is 1240. The van der Waals surface area contributed by atoms with Crippen LogP contribution in [0, 0.1) is 0 Å². The second-order valence-electron chi connectivity index (χ2n) is 18.5. The van der Waals surface area contributed by atoms with Crippen LogP contribution in [0.3, 0.4) is 0 Å². The molecule has 0 amide bonds. The molecule has 1 atom stereocenters. The van der Waals surface area contributed by atoms with Crippen molar-refractivity contribution in [3.05, 3.63) is 72.9 Å². The Kier molecular flexibility index (Phi) is 51.9. The van der Waals surface area contributed by atoms with Gasteiger partial charge in [-0.25, -0.2) is 0 Å². The second-order valence-corrected chi connectivity index (χ2v) is 18.5. The zero-order valence-corrected chi connectivity index (χ0v) is 43.4. The van der Waals surface area contributed by atoms with Crippen LogP contribution < -0.4 is 0 Å². The molecule has 0 aliphatic heterocycles. The monoisotopic (exact) mass is 921 g/mol. The summed E-state index contributed by atoms with van der Waals surface area (Å²) in [6.45, 7) is 6.48. The van der Waals surface area contributed by atoms with Crippen molar-refractivity contribution < 1.29 is 28.6 Å². The van der Waals surface area contributed by atoms with Gasteiger partial charge in [-0.1, -0.05) is 267 Å². The predicted molar refractivity (Wildman–Crippen MR) is 284 cm³/mol. The molecule has 0 aromatic carbocycles. The Hall–Kier alpha value is -3.15. The maximum absolute atomic E-state index is 12.8. The summed E-state index contributed by atoms with van der Waals surface area (Å²) in [5.74, 6) is -0.972. The number of hydrogen-bond acceptors (Lipinski definition) is 6. The molecule has 0 aliphatic carbocycles. The van der Waals surface area contributed by atoms with Gasteiger partial charge in [0, 0.05) is 19.3 Å². The minimum Gasteiger partial charge on any atom is -0.462 e. The minimum absolute atomic E-state index is 0.0948. The molecular formula is C60H104O6. The summed E-state index contributed by atoms with van der Waals surface area (Å²) in [6, 6.07) is 0. The Balaban J connectivity index is 4.47. The standard InChI is InChI=1S/C60H104O6/c1-4-7-10-13-16-19-22-25-28-29-30-31-33-35-38-41-44-47-50-53-59(62)65-56-57(55-64-58(61)52-49-46-43-40-37-34-27-24-21-18-15-12-9-6-3)66-60(63)54-51-48-45-42-39-36-32-26-23-20-17-14-11-8-5-2/h7,10,16,19,25,28,30-31,35,38,44,47,57H,4-6,8-9,11-15,17-18,20-24,26-27,29,32-34,36-37,39-43,45-46,48-56H2,1-3H3/b10-7-,19-16-,28-25-,31-30-,38-35-,47-44-/t57-/m1/s1. The molecule has 0 radical (unpaired) electrons. The molecule has 0 rings (SSSR count). The average Bonchev–Trinajstić information content (AvgIpc) is 3.31. The highest BCUT2D eigenvalue weighted by Crippen LogP contribution is 2.16. The number of rotatable bonds is 50. The summed E-state index contributed by atoms with van der Waals surface area (Å²) in [4.78, 5) is 38.1. The van der Waals surface area contributed by atoms with Gasteiger partial charge in [0.25, 0.3) is 0 Å². The molecule has 0 saturated heterocycles. The third kappa shape index (κ3) is 51.8. The van der Waals surface area contributed by atoms with Gasteiger partial charge in [-0.2, -0.15) is 0 Å². The Morgan fingerprint density at radius 3 is 0.924 bits per heavy atom. The van der Waals surface area contributed by atoms with Gasteiger partial charge < -0.3 is 14.2 Å². The quantitative estimate of drug-likeness (QED) is 0.0262. The van der Waals surface area contributed by atoms with Gasteiger partial charge in [-0.05, 0) is 57.8 Å². The van der Waals surface area contributed by atoms with Crippen LogP contribution in [0.15, 0.2) is 72.9 Å². The second kappa shape index (κ2) is 54.5. The molecule has 0 fully saturated rings. The topological polar surface area (TPSA) is 78.9 Å². The first-order valence-electron chi connectivity index (χ1n) is 27.9. The molecule has 6 heteroatoms. The first-order chi connectivity index (χ1) is 32.5. The molecule has 6 nitrogen and oxygen atoms in total. The zero-order valence-electron chi connectivity index (χ0n) is 43.4. The van der Waals surface area contributed by atoms with Crippen molar-refractivity contribution >= 4 is 17.9 Å². The van der Waals surface area contributed by atoms with E-state index in [0.29, 0.717) is 19.3 Å². The normalized spacial score (nSPS) is 12.6. The molecule has 0 saturated carbocycles. The molecule has 0 N–H and O–H groups in total. The lowest BCUT2D eigenvalue weighted by Gasteiger charge is -2.18. The summed E-state index contributed by atoms with van der Waals surface area (Å²) in [6.07, 6.45) is 69.0. The van der Waals surface area contributed by atoms with E-state index in [-0.39, 0.29) is 37.5 Å². The van der Waals surface area contributed by atoms with Crippen LogP contribution >= 0.6 is 0 Å². The van der Waals surface area contributed by atoms with Crippen molar-refractivity contribution in [2.45, 2.75) is 277 Å². The largest absolute Gasteiger partial charge is 0.462 e. The van der Waals surface area contributed by atoms with Gasteiger partial charge in [0.05, 0.1) is 0 Å². The molecule has 0 aliphatic rings. The Morgan fingerprint density at radius 1 is 0.318 bits per heavy atom. The lowest BCUT2D eigenvalue weighted by molar-refractivity contribution is -0.166. The summed E-state index contributed by atoms with van der Waals surface area (Å²) in [5.41, 5.74) is 0. The highest BCUT2D eigenvalue weighted by atomic mass is 16.6. The van der Waals surface area contributed by atoms with Crippen molar-refractivity contribution in [2.24, 2.45) is 0 Å². The molecule has 0 heterocycles. The third-order valence-corrected chi connectivity index (χ3v) is 12.0. The van der Waals surface area contributed by atoms with Crippen LogP contribution in [-0.4, -0.2) is 37.2 Å². The predicted octanol–water partition coefficient (Wildman–Crippen LogP) is 18.6. The van der Waals surface area contributed by atoms with Gasteiger partial charge in [-0.3, -0.25) is 14.4 Å². The van der Waals surface area contributed by atoms with E-state index in [1.54, 1.807) is 0 Å². The number of carbonyl (C=O) groups is 3. The molecule has 66 heavy (non-hydrogen) atoms. The zero-order chi connectivity index (χ0) is 47.9. The Labute approximate surface area is 408 Å². The fourth-order valence-electron chi connectivity index (χ4n) is 7.82. The SMILES string of the molecule is CC/C=C\C/C=C\C/C=C\C/C=C\C/C=C\C/C=C\CCC(=O)OC[C@@H](COC(=O)CCCCCCCCCCCCCCCC)OC(=O)CCCCCCCCCCCCCCCCC. The van der Waals surface area contributed by atoms with E-state index >= 15 is 0 Å². The number of allylic oxidation sites excluding steroid dienone is 12. The third-order valence-electron chi connectivity index (χ3n) is 12.0.